The fourth-order valence-electron chi connectivity index (χ4n) is 2.81. The van der Waals surface area contributed by atoms with E-state index in [1.54, 1.807) is 11.3 Å². The van der Waals surface area contributed by atoms with Crippen LogP contribution in [0.3, 0.4) is 0 Å². The van der Waals surface area contributed by atoms with Crippen LogP contribution in [0.1, 0.15) is 35.0 Å². The molecule has 0 spiro atoms. The summed E-state index contributed by atoms with van der Waals surface area (Å²) in [5.41, 5.74) is 2.18. The van der Waals surface area contributed by atoms with Gasteiger partial charge in [-0.3, -0.25) is 10.1 Å². The number of carbonyl (C=O) groups is 1. The van der Waals surface area contributed by atoms with Crippen molar-refractivity contribution in [2.24, 2.45) is 0 Å². The average Bonchev–Trinajstić information content (AvgIpc) is 3.17. The van der Waals surface area contributed by atoms with Gasteiger partial charge in [0.2, 0.25) is 5.91 Å². The van der Waals surface area contributed by atoms with Crippen LogP contribution in [0.4, 0.5) is 0 Å². The highest BCUT2D eigenvalue weighted by atomic mass is 35.5. The lowest BCUT2D eigenvalue weighted by Gasteiger charge is -2.19. The van der Waals surface area contributed by atoms with Crippen LogP contribution >= 0.6 is 22.9 Å². The van der Waals surface area contributed by atoms with Crippen molar-refractivity contribution in [3.63, 3.8) is 0 Å². The van der Waals surface area contributed by atoms with E-state index in [0.717, 1.165) is 11.1 Å². The van der Waals surface area contributed by atoms with Gasteiger partial charge in [0.05, 0.1) is 18.6 Å². The molecule has 0 unspecified atom stereocenters. The summed E-state index contributed by atoms with van der Waals surface area (Å²) in [6.07, 6.45) is 0. The van der Waals surface area contributed by atoms with Gasteiger partial charge >= 0.3 is 0 Å². The Morgan fingerprint density at radius 2 is 1.73 bits per heavy atom. The third kappa shape index (κ3) is 4.94. The SMILES string of the molecule is C[C@@H](NC(=O)CN[C@@H](c1ccccc1)c1cccs1)c1ccc(Cl)cc1. The summed E-state index contributed by atoms with van der Waals surface area (Å²) in [6, 6.07) is 21.8. The van der Waals surface area contributed by atoms with Gasteiger partial charge in [-0.2, -0.15) is 0 Å². The number of hydrogen-bond acceptors (Lipinski definition) is 3. The lowest BCUT2D eigenvalue weighted by molar-refractivity contribution is -0.121. The third-order valence-electron chi connectivity index (χ3n) is 4.17. The van der Waals surface area contributed by atoms with Gasteiger partial charge in [-0.05, 0) is 41.6 Å². The molecule has 0 fully saturated rings. The van der Waals surface area contributed by atoms with Gasteiger partial charge in [0.1, 0.15) is 0 Å². The highest BCUT2D eigenvalue weighted by Crippen LogP contribution is 2.25. The van der Waals surface area contributed by atoms with Gasteiger partial charge in [-0.25, -0.2) is 0 Å². The lowest BCUT2D eigenvalue weighted by atomic mass is 10.1. The molecule has 0 aliphatic carbocycles. The van der Waals surface area contributed by atoms with E-state index in [1.807, 2.05) is 55.5 Å². The first-order chi connectivity index (χ1) is 12.6. The van der Waals surface area contributed by atoms with E-state index >= 15 is 0 Å². The van der Waals surface area contributed by atoms with Gasteiger partial charge in [0, 0.05) is 9.90 Å². The highest BCUT2D eigenvalue weighted by molar-refractivity contribution is 7.10. The van der Waals surface area contributed by atoms with Crippen molar-refractivity contribution in [3.8, 4) is 0 Å². The van der Waals surface area contributed by atoms with Crippen LogP contribution in [0, 0.1) is 0 Å². The Labute approximate surface area is 163 Å². The maximum absolute atomic E-state index is 12.4. The topological polar surface area (TPSA) is 41.1 Å². The van der Waals surface area contributed by atoms with Crippen molar-refractivity contribution in [3.05, 3.63) is 93.1 Å². The molecule has 2 aromatic carbocycles. The van der Waals surface area contributed by atoms with Crippen molar-refractivity contribution in [2.45, 2.75) is 19.0 Å². The average molecular weight is 385 g/mol. The van der Waals surface area contributed by atoms with Gasteiger partial charge < -0.3 is 5.32 Å². The molecule has 134 valence electrons. The summed E-state index contributed by atoms with van der Waals surface area (Å²) in [6.45, 7) is 2.21. The summed E-state index contributed by atoms with van der Waals surface area (Å²) < 4.78 is 0. The zero-order valence-electron chi connectivity index (χ0n) is 14.5. The standard InChI is InChI=1S/C21H21ClN2OS/c1-15(16-9-11-18(22)12-10-16)24-20(25)14-23-21(19-8-5-13-26-19)17-6-3-2-4-7-17/h2-13,15,21,23H,14H2,1H3,(H,24,25)/t15-,21+/m1/s1. The van der Waals surface area contributed by atoms with Crippen molar-refractivity contribution < 1.29 is 4.79 Å². The summed E-state index contributed by atoms with van der Waals surface area (Å²) >= 11 is 7.60. The molecular formula is C21H21ClN2OS. The molecule has 2 N–H and O–H groups in total. The van der Waals surface area contributed by atoms with Gasteiger partial charge in [-0.1, -0.05) is 60.1 Å². The summed E-state index contributed by atoms with van der Waals surface area (Å²) in [7, 11) is 0. The van der Waals surface area contributed by atoms with E-state index in [9.17, 15) is 4.79 Å². The van der Waals surface area contributed by atoms with Crippen LogP contribution in [0.25, 0.3) is 0 Å². The molecule has 3 nitrogen and oxygen atoms in total. The number of halogens is 1. The molecule has 0 bridgehead atoms. The van der Waals surface area contributed by atoms with E-state index in [-0.39, 0.29) is 24.5 Å². The van der Waals surface area contributed by atoms with Crippen molar-refractivity contribution in [1.29, 1.82) is 0 Å². The van der Waals surface area contributed by atoms with Gasteiger partial charge in [0.25, 0.3) is 0 Å². The lowest BCUT2D eigenvalue weighted by Crippen LogP contribution is -2.37. The van der Waals surface area contributed by atoms with Crippen LogP contribution in [0.5, 0.6) is 0 Å². The zero-order valence-corrected chi connectivity index (χ0v) is 16.1. The molecule has 2 atom stereocenters. The fraction of sp³-hybridized carbons (Fsp3) is 0.190. The normalized spacial score (nSPS) is 13.2. The van der Waals surface area contributed by atoms with E-state index in [1.165, 1.54) is 4.88 Å². The van der Waals surface area contributed by atoms with Crippen molar-refractivity contribution in [2.75, 3.05) is 6.54 Å². The minimum absolute atomic E-state index is 0.00721. The number of nitrogens with one attached hydrogen (secondary N) is 2. The van der Waals surface area contributed by atoms with Crippen molar-refractivity contribution in [1.82, 2.24) is 10.6 Å². The summed E-state index contributed by atoms with van der Waals surface area (Å²) in [5.74, 6) is -0.0371. The molecule has 1 heterocycles. The predicted octanol–water partition coefficient (Wildman–Crippen LogP) is 4.96. The smallest absolute Gasteiger partial charge is 0.234 e. The van der Waals surface area contributed by atoms with Crippen LogP contribution in [0.15, 0.2) is 72.1 Å². The number of amides is 1. The first-order valence-corrected chi connectivity index (χ1v) is 9.76. The Morgan fingerprint density at radius 3 is 2.38 bits per heavy atom. The molecule has 0 aliphatic rings. The second kappa shape index (κ2) is 8.99. The summed E-state index contributed by atoms with van der Waals surface area (Å²) in [5, 5.41) is 9.15. The van der Waals surface area contributed by atoms with Gasteiger partial charge in [-0.15, -0.1) is 11.3 Å². The molecule has 3 aromatic rings. The zero-order chi connectivity index (χ0) is 18.4. The second-order valence-corrected chi connectivity index (χ2v) is 7.50. The molecule has 1 amide bonds. The minimum atomic E-state index is -0.0709. The Morgan fingerprint density at radius 1 is 1.00 bits per heavy atom. The van der Waals surface area contributed by atoms with Gasteiger partial charge in [0.15, 0.2) is 0 Å². The molecule has 1 aromatic heterocycles. The van der Waals surface area contributed by atoms with Crippen LogP contribution in [0.2, 0.25) is 5.02 Å². The molecule has 0 radical (unpaired) electrons. The first-order valence-electron chi connectivity index (χ1n) is 8.50. The molecular weight excluding hydrogens is 364 g/mol. The van der Waals surface area contributed by atoms with Crippen molar-refractivity contribution >= 4 is 28.8 Å². The minimum Gasteiger partial charge on any atom is -0.348 e. The van der Waals surface area contributed by atoms with E-state index in [2.05, 4.69) is 34.2 Å². The van der Waals surface area contributed by atoms with Crippen LogP contribution in [-0.2, 0) is 4.79 Å². The number of benzene rings is 2. The Kier molecular flexibility index (Phi) is 6.45. The molecule has 5 heteroatoms. The predicted molar refractivity (Wildman–Crippen MR) is 109 cm³/mol. The maximum atomic E-state index is 12.4. The second-order valence-electron chi connectivity index (χ2n) is 6.08. The van der Waals surface area contributed by atoms with Crippen LogP contribution < -0.4 is 10.6 Å². The fourth-order valence-corrected chi connectivity index (χ4v) is 3.76. The number of carbonyl (C=O) groups excluding carboxylic acids is 1. The molecule has 0 saturated carbocycles. The first kappa shape index (κ1) is 18.6. The largest absolute Gasteiger partial charge is 0.348 e. The van der Waals surface area contributed by atoms with Crippen LogP contribution in [-0.4, -0.2) is 12.5 Å². The Hall–Kier alpha value is -2.14. The number of rotatable bonds is 7. The molecule has 0 aliphatic heterocycles. The molecule has 3 rings (SSSR count). The van der Waals surface area contributed by atoms with E-state index < -0.39 is 0 Å². The quantitative estimate of drug-likeness (QED) is 0.604. The number of thiophene rings is 1. The molecule has 0 saturated heterocycles. The van der Waals surface area contributed by atoms with E-state index in [4.69, 9.17) is 11.6 Å². The highest BCUT2D eigenvalue weighted by Gasteiger charge is 2.17. The Balaban J connectivity index is 1.62. The maximum Gasteiger partial charge on any atom is 0.234 e. The summed E-state index contributed by atoms with van der Waals surface area (Å²) in [4.78, 5) is 13.6. The molecule has 26 heavy (non-hydrogen) atoms. The number of hydrogen-bond donors (Lipinski definition) is 2. The monoisotopic (exact) mass is 384 g/mol. The Bertz CT molecular complexity index is 819. The third-order valence-corrected chi connectivity index (χ3v) is 5.36. The van der Waals surface area contributed by atoms with E-state index in [0.29, 0.717) is 5.02 Å².